The van der Waals surface area contributed by atoms with Crippen LogP contribution in [-0.2, 0) is 4.79 Å². The lowest BCUT2D eigenvalue weighted by Gasteiger charge is -2.30. The summed E-state index contributed by atoms with van der Waals surface area (Å²) in [4.78, 5) is 13.8. The number of aromatic nitrogens is 2. The number of ether oxygens (including phenoxy) is 1. The van der Waals surface area contributed by atoms with Crippen molar-refractivity contribution >= 4 is 36.8 Å². The molecule has 0 atom stereocenters. The molecule has 1 aromatic carbocycles. The zero-order chi connectivity index (χ0) is 22.3. The number of hydrogen-bond acceptors (Lipinski definition) is 2. The van der Waals surface area contributed by atoms with Crippen molar-refractivity contribution in [3.8, 4) is 5.75 Å². The van der Waals surface area contributed by atoms with E-state index in [0.717, 1.165) is 14.5 Å². The van der Waals surface area contributed by atoms with Gasteiger partial charge >= 0.3 is 6.97 Å². The summed E-state index contributed by atoms with van der Waals surface area (Å²) >= 11 is 0. The van der Waals surface area contributed by atoms with Gasteiger partial charge in [-0.2, -0.15) is 0 Å². The third kappa shape index (κ3) is 3.37. The maximum Gasteiger partial charge on any atom is 0.737 e. The predicted molar refractivity (Wildman–Crippen MR) is 120 cm³/mol. The Kier molecular flexibility index (Phi) is 4.66. The summed E-state index contributed by atoms with van der Waals surface area (Å²) in [6, 6.07) is 13.9. The van der Waals surface area contributed by atoms with Crippen LogP contribution in [0.25, 0.3) is 18.2 Å². The molecule has 1 amide bonds. The van der Waals surface area contributed by atoms with E-state index in [9.17, 15) is 4.79 Å². The Bertz CT molecular complexity index is 1320. The minimum Gasteiger partial charge on any atom is -0.484 e. The topological polar surface area (TPSA) is 76.1 Å². The Morgan fingerprint density at radius 2 is 1.94 bits per heavy atom. The first-order valence-electron chi connectivity index (χ1n) is 10.1. The number of nitrogens with one attached hydrogen (secondary N) is 1. The van der Waals surface area contributed by atoms with Gasteiger partial charge in [-0.05, 0) is 48.0 Å². The summed E-state index contributed by atoms with van der Waals surface area (Å²) in [5.74, 6) is -0.0562. The smallest absolute Gasteiger partial charge is 0.484 e. The predicted octanol–water partition coefficient (Wildman–Crippen LogP) is 3.50. The van der Waals surface area contributed by atoms with Crippen molar-refractivity contribution in [1.82, 2.24) is 9.46 Å². The van der Waals surface area contributed by atoms with Crippen molar-refractivity contribution in [1.29, 1.82) is 0 Å². The normalized spacial score (nSPS) is 16.2. The van der Waals surface area contributed by atoms with Gasteiger partial charge in [-0.3, -0.25) is 4.79 Å². The quantitative estimate of drug-likeness (QED) is 0.586. The lowest BCUT2D eigenvalue weighted by molar-refractivity contribution is -0.360. The van der Waals surface area contributed by atoms with Crippen LogP contribution in [0.4, 0.5) is 8.63 Å². The number of nitrogens with two attached hydrogens (primary N) is 1. The fourth-order valence-electron chi connectivity index (χ4n) is 4.01. The summed E-state index contributed by atoms with van der Waals surface area (Å²) in [5, 5.41) is 0. The van der Waals surface area contributed by atoms with Gasteiger partial charge in [-0.1, -0.05) is 18.2 Å². The van der Waals surface area contributed by atoms with Gasteiger partial charge in [0.05, 0.1) is 0 Å². The highest BCUT2D eigenvalue weighted by Gasteiger charge is 2.52. The Morgan fingerprint density at radius 1 is 1.12 bits per heavy atom. The molecule has 0 unspecified atom stereocenters. The minimum absolute atomic E-state index is 0.203. The summed E-state index contributed by atoms with van der Waals surface area (Å²) in [6.45, 7) is -4.30. The lowest BCUT2D eigenvalue weighted by Crippen LogP contribution is -2.50. The van der Waals surface area contributed by atoms with Crippen LogP contribution in [0.2, 0.25) is 0 Å². The number of allylic oxidation sites excluding steroid dienone is 2. The maximum atomic E-state index is 15.8. The number of primary amides is 1. The van der Waals surface area contributed by atoms with Gasteiger partial charge in [-0.15, -0.1) is 0 Å². The molecule has 5 rings (SSSR count). The fraction of sp³-hybridized carbons (Fsp3) is 0.0435. The second kappa shape index (κ2) is 7.53. The highest BCUT2D eigenvalue weighted by Crippen LogP contribution is 2.33. The number of rotatable bonds is 6. The van der Waals surface area contributed by atoms with Crippen LogP contribution >= 0.6 is 0 Å². The number of hydrogen-bond donors (Lipinski definition) is 2. The SMILES string of the molecule is NC(=O)COc1ccc(/C=C\c2ccc3n2[B-](F)(F)[N+]2=C(c4ccc[nH]4)C=CC2=C3)cc1. The molecule has 0 spiro atoms. The van der Waals surface area contributed by atoms with E-state index in [1.807, 2.05) is 0 Å². The maximum absolute atomic E-state index is 15.8. The third-order valence-electron chi connectivity index (χ3n) is 5.43. The molecule has 32 heavy (non-hydrogen) atoms. The van der Waals surface area contributed by atoms with Crippen LogP contribution in [0.1, 0.15) is 22.6 Å². The first-order valence-corrected chi connectivity index (χ1v) is 10.1. The minimum atomic E-state index is -4.09. The third-order valence-corrected chi connectivity index (χ3v) is 5.43. The van der Waals surface area contributed by atoms with E-state index in [2.05, 4.69) is 4.98 Å². The first kappa shape index (κ1) is 19.8. The van der Waals surface area contributed by atoms with Gasteiger partial charge in [-0.25, -0.2) is 0 Å². The van der Waals surface area contributed by atoms with Gasteiger partial charge in [0.2, 0.25) is 0 Å². The molecule has 0 saturated heterocycles. The van der Waals surface area contributed by atoms with Crippen LogP contribution in [0.15, 0.2) is 72.6 Å². The van der Waals surface area contributed by atoms with Crippen LogP contribution in [0, 0.1) is 0 Å². The molecule has 0 saturated carbocycles. The van der Waals surface area contributed by atoms with E-state index in [1.54, 1.807) is 85.1 Å². The zero-order valence-electron chi connectivity index (χ0n) is 16.9. The van der Waals surface area contributed by atoms with Crippen molar-refractivity contribution in [2.24, 2.45) is 5.73 Å². The summed E-state index contributed by atoms with van der Waals surface area (Å²) in [6.07, 6.45) is 10.3. The van der Waals surface area contributed by atoms with Gasteiger partial charge in [0.15, 0.2) is 18.0 Å². The summed E-state index contributed by atoms with van der Waals surface area (Å²) in [7, 11) is 0. The van der Waals surface area contributed by atoms with E-state index in [1.165, 1.54) is 0 Å². The van der Waals surface area contributed by atoms with E-state index < -0.39 is 12.9 Å². The lowest BCUT2D eigenvalue weighted by atomic mass is 9.90. The number of halogens is 2. The molecular weight excluding hydrogens is 413 g/mol. The Hall–Kier alpha value is -4.14. The number of H-pyrrole nitrogens is 1. The van der Waals surface area contributed by atoms with Crippen molar-refractivity contribution in [2.45, 2.75) is 0 Å². The van der Waals surface area contributed by atoms with Gasteiger partial charge in [0.25, 0.3) is 5.91 Å². The molecule has 2 aromatic heterocycles. The molecule has 0 fully saturated rings. The number of amides is 1. The largest absolute Gasteiger partial charge is 0.737 e. The van der Waals surface area contributed by atoms with E-state index in [-0.39, 0.29) is 6.61 Å². The van der Waals surface area contributed by atoms with Crippen molar-refractivity contribution in [3.05, 3.63) is 95.2 Å². The van der Waals surface area contributed by atoms with Crippen molar-refractivity contribution in [2.75, 3.05) is 6.61 Å². The first-order chi connectivity index (χ1) is 15.4. The molecule has 2 aliphatic heterocycles. The van der Waals surface area contributed by atoms with E-state index in [0.29, 0.717) is 34.2 Å². The Morgan fingerprint density at radius 3 is 2.66 bits per heavy atom. The standard InChI is InChI=1S/C23H19BF2N4O2/c25-24(26)29-17(6-3-16-4-10-20(11-5-16)32-15-23(27)31)7-8-18(29)14-19-9-12-22(30(19)24)21-2-1-13-28-21/h1-14,28H,15H2,(H2,27,31)/b6-3-. The van der Waals surface area contributed by atoms with Crippen LogP contribution in [-0.4, -0.2) is 39.1 Å². The second-order valence-corrected chi connectivity index (χ2v) is 7.54. The van der Waals surface area contributed by atoms with Crippen LogP contribution < -0.4 is 10.5 Å². The van der Waals surface area contributed by atoms with Crippen molar-refractivity contribution < 1.29 is 22.6 Å². The molecule has 9 heteroatoms. The molecule has 0 bridgehead atoms. The fourth-order valence-corrected chi connectivity index (χ4v) is 4.01. The number of benzene rings is 1. The summed E-state index contributed by atoms with van der Waals surface area (Å²) < 4.78 is 38.9. The average molecular weight is 432 g/mol. The molecule has 6 nitrogen and oxygen atoms in total. The van der Waals surface area contributed by atoms with Crippen LogP contribution in [0.5, 0.6) is 5.75 Å². The number of aromatic amines is 1. The monoisotopic (exact) mass is 432 g/mol. The molecule has 0 radical (unpaired) electrons. The molecular formula is C23H19BF2N4O2. The van der Waals surface area contributed by atoms with Crippen LogP contribution in [0.3, 0.4) is 0 Å². The molecule has 160 valence electrons. The van der Waals surface area contributed by atoms with Gasteiger partial charge in [0.1, 0.15) is 11.4 Å². The van der Waals surface area contributed by atoms with E-state index in [4.69, 9.17) is 10.5 Å². The second-order valence-electron chi connectivity index (χ2n) is 7.54. The number of carbonyl (C=O) groups excluding carboxylic acids is 1. The highest BCUT2D eigenvalue weighted by molar-refractivity contribution is 6.58. The van der Waals surface area contributed by atoms with E-state index >= 15 is 8.63 Å². The average Bonchev–Trinajstić information content (AvgIpc) is 3.51. The molecule has 4 heterocycles. The van der Waals surface area contributed by atoms with Gasteiger partial charge < -0.3 is 33.1 Å². The molecule has 0 aliphatic carbocycles. The summed E-state index contributed by atoms with van der Waals surface area (Å²) in [5.41, 5.74) is 8.25. The number of nitrogens with zero attached hydrogens (tertiary/aromatic N) is 2. The van der Waals surface area contributed by atoms with Crippen molar-refractivity contribution in [3.63, 3.8) is 0 Å². The number of fused-ring (bicyclic) bond motifs is 2. The number of carbonyl (C=O) groups is 1. The van der Waals surface area contributed by atoms with Gasteiger partial charge in [0, 0.05) is 35.8 Å². The molecule has 3 N–H and O–H groups in total. The Balaban J connectivity index is 1.46. The Labute approximate surface area is 182 Å². The zero-order valence-corrected chi connectivity index (χ0v) is 16.9. The molecule has 3 aromatic rings. The molecule has 2 aliphatic rings. The highest BCUT2D eigenvalue weighted by atomic mass is 19.2.